The van der Waals surface area contributed by atoms with Gasteiger partial charge >= 0.3 is 0 Å². The third kappa shape index (κ3) is 5.52. The molecule has 1 aromatic rings. The summed E-state index contributed by atoms with van der Waals surface area (Å²) in [6.45, 7) is 16.0. The number of nitrogens with one attached hydrogen (secondary N) is 1. The Bertz CT molecular complexity index is 363. The highest BCUT2D eigenvalue weighted by Crippen LogP contribution is 2.12. The van der Waals surface area contributed by atoms with Crippen LogP contribution in [0.5, 0.6) is 0 Å². The lowest BCUT2D eigenvalue weighted by atomic mass is 10.1. The maximum absolute atomic E-state index is 5.59. The molecule has 0 aliphatic carbocycles. The Morgan fingerprint density at radius 2 is 2.17 bits per heavy atom. The van der Waals surface area contributed by atoms with Crippen LogP contribution in [0, 0.1) is 0 Å². The Hall–Kier alpha value is -1.06. The first-order valence-electron chi connectivity index (χ1n) is 6.59. The molecule has 1 N–H and O–H groups in total. The fourth-order valence-electron chi connectivity index (χ4n) is 1.68. The molecule has 0 fully saturated rings. The van der Waals surface area contributed by atoms with E-state index in [2.05, 4.69) is 50.6 Å². The first-order chi connectivity index (χ1) is 8.44. The quantitative estimate of drug-likeness (QED) is 0.753. The van der Waals surface area contributed by atoms with Crippen LogP contribution < -0.4 is 5.32 Å². The predicted octanol–water partition coefficient (Wildman–Crippen LogP) is 3.18. The first-order valence-corrected chi connectivity index (χ1v) is 6.59. The zero-order valence-electron chi connectivity index (χ0n) is 12.1. The standard InChI is InChI=1S/C15H26N2O/c1-6-8-17(7-2)11-14-9-13(12-18-14)10-16-15(3,4)5/h6,9,12,16H,1,7-8,10-11H2,2-5H3. The molecule has 0 bridgehead atoms. The fraction of sp³-hybridized carbons (Fsp3) is 0.600. The van der Waals surface area contributed by atoms with Gasteiger partial charge in [-0.3, -0.25) is 4.90 Å². The Morgan fingerprint density at radius 1 is 1.44 bits per heavy atom. The average Bonchev–Trinajstić information content (AvgIpc) is 2.73. The van der Waals surface area contributed by atoms with Gasteiger partial charge in [0.05, 0.1) is 12.8 Å². The molecule has 102 valence electrons. The van der Waals surface area contributed by atoms with Gasteiger partial charge in [-0.05, 0) is 33.4 Å². The van der Waals surface area contributed by atoms with Gasteiger partial charge in [-0.2, -0.15) is 0 Å². The fourth-order valence-corrected chi connectivity index (χ4v) is 1.68. The molecule has 0 radical (unpaired) electrons. The zero-order valence-corrected chi connectivity index (χ0v) is 12.1. The second-order valence-electron chi connectivity index (χ2n) is 5.64. The molecule has 3 nitrogen and oxygen atoms in total. The van der Waals surface area contributed by atoms with E-state index in [-0.39, 0.29) is 5.54 Å². The molecule has 0 spiro atoms. The summed E-state index contributed by atoms with van der Waals surface area (Å²) in [5.74, 6) is 1.02. The maximum atomic E-state index is 5.59. The van der Waals surface area contributed by atoms with Crippen LogP contribution in [-0.4, -0.2) is 23.5 Å². The van der Waals surface area contributed by atoms with E-state index in [4.69, 9.17) is 4.42 Å². The van der Waals surface area contributed by atoms with E-state index in [1.165, 1.54) is 5.56 Å². The van der Waals surface area contributed by atoms with Crippen LogP contribution in [0.4, 0.5) is 0 Å². The SMILES string of the molecule is C=CCN(CC)Cc1cc(CNC(C)(C)C)co1. The Labute approximate surface area is 111 Å². The minimum absolute atomic E-state index is 0.135. The highest BCUT2D eigenvalue weighted by Gasteiger charge is 2.10. The molecule has 1 heterocycles. The molecule has 0 amide bonds. The van der Waals surface area contributed by atoms with Crippen molar-refractivity contribution in [2.75, 3.05) is 13.1 Å². The number of likely N-dealkylation sites (N-methyl/N-ethyl adjacent to an activating group) is 1. The molecule has 0 saturated carbocycles. The minimum atomic E-state index is 0.135. The number of furan rings is 1. The van der Waals surface area contributed by atoms with Crippen LogP contribution in [-0.2, 0) is 13.1 Å². The summed E-state index contributed by atoms with van der Waals surface area (Å²) >= 11 is 0. The second-order valence-corrected chi connectivity index (χ2v) is 5.64. The van der Waals surface area contributed by atoms with Crippen LogP contribution in [0.15, 0.2) is 29.4 Å². The summed E-state index contributed by atoms with van der Waals surface area (Å²) in [4.78, 5) is 2.28. The topological polar surface area (TPSA) is 28.4 Å². The highest BCUT2D eigenvalue weighted by atomic mass is 16.3. The van der Waals surface area contributed by atoms with Gasteiger partial charge in [-0.1, -0.05) is 13.0 Å². The average molecular weight is 250 g/mol. The van der Waals surface area contributed by atoms with E-state index >= 15 is 0 Å². The van der Waals surface area contributed by atoms with Gasteiger partial charge in [0, 0.05) is 24.2 Å². The Balaban J connectivity index is 2.49. The molecule has 18 heavy (non-hydrogen) atoms. The van der Waals surface area contributed by atoms with Gasteiger partial charge in [-0.15, -0.1) is 6.58 Å². The summed E-state index contributed by atoms with van der Waals surface area (Å²) < 4.78 is 5.59. The molecule has 3 heteroatoms. The predicted molar refractivity (Wildman–Crippen MR) is 76.4 cm³/mol. The van der Waals surface area contributed by atoms with Crippen LogP contribution >= 0.6 is 0 Å². The van der Waals surface area contributed by atoms with Gasteiger partial charge in [0.25, 0.3) is 0 Å². The summed E-state index contributed by atoms with van der Waals surface area (Å²) in [5.41, 5.74) is 1.34. The van der Waals surface area contributed by atoms with E-state index in [1.807, 2.05) is 12.3 Å². The molecule has 0 aliphatic heterocycles. The van der Waals surface area contributed by atoms with Crippen molar-refractivity contribution in [2.45, 2.75) is 46.3 Å². The van der Waals surface area contributed by atoms with Crippen molar-refractivity contribution in [3.8, 4) is 0 Å². The van der Waals surface area contributed by atoms with E-state index in [9.17, 15) is 0 Å². The number of rotatable bonds is 7. The van der Waals surface area contributed by atoms with Crippen molar-refractivity contribution in [3.05, 3.63) is 36.3 Å². The van der Waals surface area contributed by atoms with Gasteiger partial charge in [0.2, 0.25) is 0 Å². The molecule has 0 aromatic carbocycles. The molecular formula is C15H26N2O. The number of nitrogens with zero attached hydrogens (tertiary/aromatic N) is 1. The lowest BCUT2D eigenvalue weighted by Gasteiger charge is -2.19. The Kier molecular flexibility index (Phi) is 5.63. The van der Waals surface area contributed by atoms with Crippen molar-refractivity contribution in [1.82, 2.24) is 10.2 Å². The highest BCUT2D eigenvalue weighted by molar-refractivity contribution is 5.13. The van der Waals surface area contributed by atoms with Crippen molar-refractivity contribution >= 4 is 0 Å². The third-order valence-electron chi connectivity index (χ3n) is 2.74. The normalized spacial score (nSPS) is 12.1. The molecule has 1 aromatic heterocycles. The largest absolute Gasteiger partial charge is 0.468 e. The molecular weight excluding hydrogens is 224 g/mol. The minimum Gasteiger partial charge on any atom is -0.468 e. The summed E-state index contributed by atoms with van der Waals surface area (Å²) in [7, 11) is 0. The summed E-state index contributed by atoms with van der Waals surface area (Å²) in [6, 6.07) is 2.13. The van der Waals surface area contributed by atoms with Crippen molar-refractivity contribution in [3.63, 3.8) is 0 Å². The van der Waals surface area contributed by atoms with E-state index in [0.29, 0.717) is 0 Å². The first kappa shape index (κ1) is 15.0. The van der Waals surface area contributed by atoms with Crippen LogP contribution in [0.2, 0.25) is 0 Å². The van der Waals surface area contributed by atoms with Gasteiger partial charge in [0.15, 0.2) is 0 Å². The number of hydrogen-bond acceptors (Lipinski definition) is 3. The van der Waals surface area contributed by atoms with Gasteiger partial charge in [-0.25, -0.2) is 0 Å². The Morgan fingerprint density at radius 3 is 2.72 bits per heavy atom. The van der Waals surface area contributed by atoms with E-state index in [1.54, 1.807) is 0 Å². The van der Waals surface area contributed by atoms with Crippen LogP contribution in [0.3, 0.4) is 0 Å². The maximum Gasteiger partial charge on any atom is 0.118 e. The summed E-state index contributed by atoms with van der Waals surface area (Å²) in [6.07, 6.45) is 3.77. The zero-order chi connectivity index (χ0) is 13.6. The van der Waals surface area contributed by atoms with Crippen molar-refractivity contribution in [2.24, 2.45) is 0 Å². The summed E-state index contributed by atoms with van der Waals surface area (Å²) in [5, 5.41) is 3.45. The van der Waals surface area contributed by atoms with Gasteiger partial charge < -0.3 is 9.73 Å². The lowest BCUT2D eigenvalue weighted by Crippen LogP contribution is -2.34. The van der Waals surface area contributed by atoms with Gasteiger partial charge in [0.1, 0.15) is 5.76 Å². The third-order valence-corrected chi connectivity index (χ3v) is 2.74. The van der Waals surface area contributed by atoms with E-state index < -0.39 is 0 Å². The molecule has 0 saturated heterocycles. The van der Waals surface area contributed by atoms with Crippen molar-refractivity contribution in [1.29, 1.82) is 0 Å². The smallest absolute Gasteiger partial charge is 0.118 e. The van der Waals surface area contributed by atoms with Crippen LogP contribution in [0.25, 0.3) is 0 Å². The van der Waals surface area contributed by atoms with Crippen molar-refractivity contribution < 1.29 is 4.42 Å². The van der Waals surface area contributed by atoms with E-state index in [0.717, 1.165) is 31.9 Å². The lowest BCUT2D eigenvalue weighted by molar-refractivity contribution is 0.281. The number of hydrogen-bond donors (Lipinski definition) is 1. The monoisotopic (exact) mass is 250 g/mol. The molecule has 0 unspecified atom stereocenters. The molecule has 0 atom stereocenters. The molecule has 1 rings (SSSR count). The second kappa shape index (κ2) is 6.76. The molecule has 0 aliphatic rings. The van der Waals surface area contributed by atoms with Crippen LogP contribution in [0.1, 0.15) is 39.0 Å².